The molecule has 0 amide bonds. The highest BCUT2D eigenvalue weighted by Crippen LogP contribution is 2.30. The zero-order valence-electron chi connectivity index (χ0n) is 14.6. The van der Waals surface area contributed by atoms with Crippen molar-refractivity contribution in [2.45, 2.75) is 19.9 Å². The molecule has 0 atom stereocenters. The highest BCUT2D eigenvalue weighted by atomic mass is 31.2. The molecule has 0 saturated heterocycles. The molecule has 3 N–H and O–H groups in total. The van der Waals surface area contributed by atoms with Crippen molar-refractivity contribution in [2.24, 2.45) is 0 Å². The Balaban J connectivity index is 0.000000431. The standard InChI is InChI=1S/C18H17NO2.H3O4P/c1-11(2)19(3)12-8-9-15-16(10-12)18(21)14-7-5-4-6-13(14)17(15)20;1-5(2,3)4/h4-11H,1-3H3;(H3,1,2,3,4). The Hall–Kier alpha value is -2.31. The first-order valence-corrected chi connectivity index (χ1v) is 9.41. The summed E-state index contributed by atoms with van der Waals surface area (Å²) in [7, 11) is -2.66. The van der Waals surface area contributed by atoms with Crippen LogP contribution in [0.5, 0.6) is 0 Å². The van der Waals surface area contributed by atoms with Gasteiger partial charge in [0.15, 0.2) is 11.6 Å². The van der Waals surface area contributed by atoms with E-state index in [1.54, 1.807) is 30.3 Å². The van der Waals surface area contributed by atoms with Gasteiger partial charge in [-0.15, -0.1) is 0 Å². The molecule has 8 heteroatoms. The van der Waals surface area contributed by atoms with E-state index in [-0.39, 0.29) is 11.6 Å². The van der Waals surface area contributed by atoms with Gasteiger partial charge in [0.25, 0.3) is 0 Å². The minimum Gasteiger partial charge on any atom is -0.372 e. The Labute approximate surface area is 151 Å². The van der Waals surface area contributed by atoms with E-state index >= 15 is 0 Å². The summed E-state index contributed by atoms with van der Waals surface area (Å²) in [5, 5.41) is 0. The molecule has 1 aliphatic carbocycles. The monoisotopic (exact) mass is 377 g/mol. The van der Waals surface area contributed by atoms with E-state index in [2.05, 4.69) is 18.7 Å². The van der Waals surface area contributed by atoms with Crippen molar-refractivity contribution in [3.05, 3.63) is 64.7 Å². The van der Waals surface area contributed by atoms with Crippen LogP contribution in [0, 0.1) is 0 Å². The summed E-state index contributed by atoms with van der Waals surface area (Å²) in [4.78, 5) is 48.8. The fraction of sp³-hybridized carbons (Fsp3) is 0.222. The predicted molar refractivity (Wildman–Crippen MR) is 97.6 cm³/mol. The fourth-order valence-corrected chi connectivity index (χ4v) is 2.60. The van der Waals surface area contributed by atoms with Crippen molar-refractivity contribution in [1.29, 1.82) is 0 Å². The lowest BCUT2D eigenvalue weighted by Gasteiger charge is -2.26. The molecule has 0 aromatic heterocycles. The van der Waals surface area contributed by atoms with Crippen LogP contribution in [0.4, 0.5) is 5.69 Å². The summed E-state index contributed by atoms with van der Waals surface area (Å²) in [6, 6.07) is 12.8. The molecule has 138 valence electrons. The molecular weight excluding hydrogens is 357 g/mol. The van der Waals surface area contributed by atoms with Crippen molar-refractivity contribution >= 4 is 25.1 Å². The van der Waals surface area contributed by atoms with Crippen LogP contribution >= 0.6 is 7.82 Å². The first-order valence-electron chi connectivity index (χ1n) is 7.84. The highest BCUT2D eigenvalue weighted by Gasteiger charge is 2.29. The predicted octanol–water partition coefficient (Wildman–Crippen LogP) is 2.38. The van der Waals surface area contributed by atoms with E-state index in [1.165, 1.54) is 0 Å². The number of rotatable bonds is 2. The fourth-order valence-electron chi connectivity index (χ4n) is 2.60. The second-order valence-electron chi connectivity index (χ2n) is 6.15. The average molecular weight is 377 g/mol. The molecule has 26 heavy (non-hydrogen) atoms. The second kappa shape index (κ2) is 7.51. The summed E-state index contributed by atoms with van der Waals surface area (Å²) in [5.74, 6) is -0.141. The zero-order chi connectivity index (χ0) is 19.6. The number of ketones is 2. The molecule has 2 aromatic carbocycles. The van der Waals surface area contributed by atoms with Gasteiger partial charge in [-0.3, -0.25) is 9.59 Å². The van der Waals surface area contributed by atoms with Crippen molar-refractivity contribution in [2.75, 3.05) is 11.9 Å². The van der Waals surface area contributed by atoms with Crippen LogP contribution in [0.2, 0.25) is 0 Å². The first-order chi connectivity index (χ1) is 12.0. The maximum absolute atomic E-state index is 12.6. The Morgan fingerprint density at radius 1 is 0.846 bits per heavy atom. The largest absolute Gasteiger partial charge is 0.466 e. The van der Waals surface area contributed by atoms with Gasteiger partial charge in [-0.25, -0.2) is 4.57 Å². The minimum atomic E-state index is -4.64. The van der Waals surface area contributed by atoms with Crippen molar-refractivity contribution in [3.63, 3.8) is 0 Å². The molecule has 3 rings (SSSR count). The summed E-state index contributed by atoms with van der Waals surface area (Å²) in [6.07, 6.45) is 0. The number of phosphoric acid groups is 1. The van der Waals surface area contributed by atoms with E-state index in [1.807, 2.05) is 19.2 Å². The Morgan fingerprint density at radius 3 is 1.73 bits per heavy atom. The summed E-state index contributed by atoms with van der Waals surface area (Å²) < 4.78 is 8.88. The van der Waals surface area contributed by atoms with Crippen molar-refractivity contribution in [3.8, 4) is 0 Å². The van der Waals surface area contributed by atoms with Gasteiger partial charge in [-0.1, -0.05) is 24.3 Å². The van der Waals surface area contributed by atoms with Gasteiger partial charge in [0.05, 0.1) is 0 Å². The first kappa shape index (κ1) is 20.0. The molecule has 2 aromatic rings. The van der Waals surface area contributed by atoms with E-state index in [4.69, 9.17) is 19.2 Å². The SMILES string of the molecule is CC(C)N(C)c1ccc2c(c1)C(=O)c1ccccc1C2=O.O=P(O)(O)O. The Morgan fingerprint density at radius 2 is 1.27 bits per heavy atom. The Kier molecular flexibility index (Phi) is 5.78. The number of hydrogen-bond acceptors (Lipinski definition) is 4. The van der Waals surface area contributed by atoms with Gasteiger partial charge in [-0.05, 0) is 32.0 Å². The van der Waals surface area contributed by atoms with Crippen molar-refractivity contribution in [1.82, 2.24) is 0 Å². The molecule has 1 aliphatic rings. The highest BCUT2D eigenvalue weighted by molar-refractivity contribution is 7.45. The lowest BCUT2D eigenvalue weighted by molar-refractivity contribution is 0.0979. The molecule has 0 bridgehead atoms. The summed E-state index contributed by atoms with van der Waals surface area (Å²) in [6.45, 7) is 4.17. The van der Waals surface area contributed by atoms with Crippen LogP contribution < -0.4 is 4.90 Å². The van der Waals surface area contributed by atoms with Crippen LogP contribution in [0.15, 0.2) is 42.5 Å². The van der Waals surface area contributed by atoms with Gasteiger partial charge in [0.2, 0.25) is 0 Å². The maximum Gasteiger partial charge on any atom is 0.466 e. The number of benzene rings is 2. The molecule has 7 nitrogen and oxygen atoms in total. The number of fused-ring (bicyclic) bond motifs is 2. The topological polar surface area (TPSA) is 115 Å². The second-order valence-corrected chi connectivity index (χ2v) is 7.18. The summed E-state index contributed by atoms with van der Waals surface area (Å²) >= 11 is 0. The zero-order valence-corrected chi connectivity index (χ0v) is 15.5. The van der Waals surface area contributed by atoms with E-state index in [0.29, 0.717) is 28.3 Å². The van der Waals surface area contributed by atoms with Gasteiger partial charge >= 0.3 is 7.82 Å². The van der Waals surface area contributed by atoms with Crippen LogP contribution in [0.3, 0.4) is 0 Å². The lowest BCUT2D eigenvalue weighted by atomic mass is 9.84. The third-order valence-corrected chi connectivity index (χ3v) is 4.09. The number of nitrogens with zero attached hydrogens (tertiary/aromatic N) is 1. The molecule has 0 heterocycles. The van der Waals surface area contributed by atoms with E-state index in [0.717, 1.165) is 5.69 Å². The average Bonchev–Trinajstić information content (AvgIpc) is 2.57. The number of carbonyl (C=O) groups is 2. The van der Waals surface area contributed by atoms with Gasteiger partial charge in [-0.2, -0.15) is 0 Å². The van der Waals surface area contributed by atoms with Crippen LogP contribution in [-0.2, 0) is 4.57 Å². The number of anilines is 1. The maximum atomic E-state index is 12.6. The molecule has 0 saturated carbocycles. The third-order valence-electron chi connectivity index (χ3n) is 4.09. The van der Waals surface area contributed by atoms with Gasteiger partial charge in [0.1, 0.15) is 0 Å². The Bertz CT molecular complexity index is 894. The van der Waals surface area contributed by atoms with Crippen LogP contribution in [0.1, 0.15) is 45.7 Å². The minimum absolute atomic E-state index is 0.0702. The summed E-state index contributed by atoms with van der Waals surface area (Å²) in [5.41, 5.74) is 2.95. The van der Waals surface area contributed by atoms with E-state index in [9.17, 15) is 9.59 Å². The third kappa shape index (κ3) is 4.45. The molecular formula is C18H20NO6P. The lowest BCUT2D eigenvalue weighted by Crippen LogP contribution is -2.27. The quantitative estimate of drug-likeness (QED) is 0.587. The number of hydrogen-bond donors (Lipinski definition) is 3. The number of carbonyl (C=O) groups excluding carboxylic acids is 2. The van der Waals surface area contributed by atoms with Crippen LogP contribution in [-0.4, -0.2) is 39.3 Å². The molecule has 0 aliphatic heterocycles. The van der Waals surface area contributed by atoms with Gasteiger partial charge < -0.3 is 19.6 Å². The normalized spacial score (nSPS) is 12.9. The van der Waals surface area contributed by atoms with Gasteiger partial charge in [0, 0.05) is 41.0 Å². The molecule has 0 radical (unpaired) electrons. The molecule has 0 unspecified atom stereocenters. The van der Waals surface area contributed by atoms with E-state index < -0.39 is 7.82 Å². The van der Waals surface area contributed by atoms with Crippen molar-refractivity contribution < 1.29 is 28.8 Å². The smallest absolute Gasteiger partial charge is 0.372 e. The molecule has 0 spiro atoms. The van der Waals surface area contributed by atoms with Crippen LogP contribution in [0.25, 0.3) is 0 Å². The molecule has 0 fully saturated rings.